The van der Waals surface area contributed by atoms with Crippen molar-refractivity contribution < 1.29 is 19.1 Å². The largest absolute Gasteiger partial charge is 0.497 e. The predicted octanol–water partition coefficient (Wildman–Crippen LogP) is 2.71. The zero-order valence-corrected chi connectivity index (χ0v) is 15.7. The summed E-state index contributed by atoms with van der Waals surface area (Å²) in [6, 6.07) is 16.8. The van der Waals surface area contributed by atoms with Gasteiger partial charge in [-0.3, -0.25) is 9.59 Å². The molecule has 5 heteroatoms. The van der Waals surface area contributed by atoms with Crippen LogP contribution in [-0.4, -0.2) is 37.0 Å². The van der Waals surface area contributed by atoms with Gasteiger partial charge in [-0.05, 0) is 43.0 Å². The van der Waals surface area contributed by atoms with Gasteiger partial charge in [-0.2, -0.15) is 0 Å². The highest BCUT2D eigenvalue weighted by Gasteiger charge is 2.49. The SMILES string of the molecule is COc1ccc(CCC(=O)NC(Cc2ccccc2)C(=O)C2(C)CO2)cc1. The summed E-state index contributed by atoms with van der Waals surface area (Å²) < 4.78 is 10.4. The summed E-state index contributed by atoms with van der Waals surface area (Å²) in [5, 5.41) is 2.91. The first-order chi connectivity index (χ1) is 13.0. The zero-order chi connectivity index (χ0) is 19.3. The van der Waals surface area contributed by atoms with Crippen molar-refractivity contribution in [3.05, 3.63) is 65.7 Å². The van der Waals surface area contributed by atoms with Gasteiger partial charge >= 0.3 is 0 Å². The number of aryl methyl sites for hydroxylation is 1. The van der Waals surface area contributed by atoms with Crippen LogP contribution in [-0.2, 0) is 27.2 Å². The van der Waals surface area contributed by atoms with E-state index in [1.807, 2.05) is 54.6 Å². The molecule has 0 aliphatic carbocycles. The maximum Gasteiger partial charge on any atom is 0.220 e. The minimum atomic E-state index is -0.761. The molecular weight excluding hydrogens is 342 g/mol. The number of ether oxygens (including phenoxy) is 2. The van der Waals surface area contributed by atoms with Crippen molar-refractivity contribution >= 4 is 11.7 Å². The minimum Gasteiger partial charge on any atom is -0.497 e. The third-order valence-electron chi connectivity index (χ3n) is 4.83. The van der Waals surface area contributed by atoms with E-state index in [1.54, 1.807) is 14.0 Å². The van der Waals surface area contributed by atoms with E-state index in [9.17, 15) is 9.59 Å². The van der Waals surface area contributed by atoms with E-state index in [4.69, 9.17) is 9.47 Å². The van der Waals surface area contributed by atoms with Crippen LogP contribution in [0.3, 0.4) is 0 Å². The second kappa shape index (κ2) is 8.35. The van der Waals surface area contributed by atoms with Crippen molar-refractivity contribution in [1.82, 2.24) is 5.32 Å². The van der Waals surface area contributed by atoms with Crippen molar-refractivity contribution in [3.8, 4) is 5.75 Å². The van der Waals surface area contributed by atoms with Gasteiger partial charge in [0.15, 0.2) is 5.78 Å². The summed E-state index contributed by atoms with van der Waals surface area (Å²) in [5.74, 6) is 0.586. The van der Waals surface area contributed by atoms with Crippen LogP contribution in [0.5, 0.6) is 5.75 Å². The number of epoxide rings is 1. The third-order valence-corrected chi connectivity index (χ3v) is 4.83. The molecule has 2 unspecified atom stereocenters. The van der Waals surface area contributed by atoms with Gasteiger partial charge in [0, 0.05) is 6.42 Å². The summed E-state index contributed by atoms with van der Waals surface area (Å²) in [6.07, 6.45) is 1.39. The van der Waals surface area contributed by atoms with Crippen LogP contribution >= 0.6 is 0 Å². The maximum absolute atomic E-state index is 12.8. The predicted molar refractivity (Wildman–Crippen MR) is 103 cm³/mol. The number of rotatable bonds is 9. The van der Waals surface area contributed by atoms with Crippen LogP contribution in [0, 0.1) is 0 Å². The van der Waals surface area contributed by atoms with E-state index in [1.165, 1.54) is 0 Å². The Morgan fingerprint density at radius 1 is 1.11 bits per heavy atom. The fraction of sp³-hybridized carbons (Fsp3) is 0.364. The third kappa shape index (κ3) is 5.17. The van der Waals surface area contributed by atoms with Gasteiger partial charge in [0.05, 0.1) is 19.8 Å². The van der Waals surface area contributed by atoms with Gasteiger partial charge in [0.25, 0.3) is 0 Å². The average Bonchev–Trinajstić information content (AvgIpc) is 3.45. The minimum absolute atomic E-state index is 0.0656. The summed E-state index contributed by atoms with van der Waals surface area (Å²) >= 11 is 0. The molecule has 5 nitrogen and oxygen atoms in total. The van der Waals surface area contributed by atoms with Crippen molar-refractivity contribution in [2.75, 3.05) is 13.7 Å². The lowest BCUT2D eigenvalue weighted by Gasteiger charge is -2.20. The highest BCUT2D eigenvalue weighted by Crippen LogP contribution is 2.29. The standard InChI is InChI=1S/C22H25NO4/c1-22(15-27-22)21(25)19(14-17-6-4-3-5-7-17)23-20(24)13-10-16-8-11-18(26-2)12-9-16/h3-9,11-12,19H,10,13-15H2,1-2H3,(H,23,24). The Morgan fingerprint density at radius 3 is 2.37 bits per heavy atom. The van der Waals surface area contributed by atoms with Crippen LogP contribution in [0.25, 0.3) is 0 Å². The van der Waals surface area contributed by atoms with Crippen LogP contribution in [0.4, 0.5) is 0 Å². The Bertz CT molecular complexity index is 782. The van der Waals surface area contributed by atoms with Gasteiger partial charge in [-0.25, -0.2) is 0 Å². The van der Waals surface area contributed by atoms with E-state index < -0.39 is 11.6 Å². The van der Waals surface area contributed by atoms with Crippen LogP contribution < -0.4 is 10.1 Å². The lowest BCUT2D eigenvalue weighted by atomic mass is 9.94. The molecule has 0 bridgehead atoms. The number of benzene rings is 2. The van der Waals surface area contributed by atoms with Gasteiger partial charge in [0.2, 0.25) is 5.91 Å². The average molecular weight is 367 g/mol. The number of hydrogen-bond acceptors (Lipinski definition) is 4. The molecule has 2 atom stereocenters. The molecule has 1 aliphatic heterocycles. The summed E-state index contributed by atoms with van der Waals surface area (Å²) in [7, 11) is 1.62. The van der Waals surface area contributed by atoms with E-state index in [-0.39, 0.29) is 11.7 Å². The molecule has 1 N–H and O–H groups in total. The van der Waals surface area contributed by atoms with Crippen LogP contribution in [0.1, 0.15) is 24.5 Å². The number of amides is 1. The van der Waals surface area contributed by atoms with E-state index >= 15 is 0 Å². The quantitative estimate of drug-likeness (QED) is 0.692. The molecule has 2 aromatic carbocycles. The van der Waals surface area contributed by atoms with E-state index in [2.05, 4.69) is 5.32 Å². The lowest BCUT2D eigenvalue weighted by Crippen LogP contribution is -2.47. The number of Topliss-reactive ketones (excluding diaryl/α,β-unsaturated/α-hetero) is 1. The van der Waals surface area contributed by atoms with Gasteiger partial charge < -0.3 is 14.8 Å². The molecule has 1 aliphatic rings. The molecule has 0 saturated carbocycles. The summed E-state index contributed by atoms with van der Waals surface area (Å²) in [6.45, 7) is 2.19. The van der Waals surface area contributed by atoms with Crippen molar-refractivity contribution in [1.29, 1.82) is 0 Å². The number of hydrogen-bond donors (Lipinski definition) is 1. The molecule has 0 aromatic heterocycles. The topological polar surface area (TPSA) is 67.9 Å². The molecule has 1 amide bonds. The summed E-state index contributed by atoms with van der Waals surface area (Å²) in [5.41, 5.74) is 1.30. The molecule has 1 fully saturated rings. The number of carbonyl (C=O) groups excluding carboxylic acids is 2. The molecule has 3 rings (SSSR count). The molecule has 142 valence electrons. The molecule has 0 radical (unpaired) electrons. The normalized spacial score (nSPS) is 19.2. The first-order valence-electron chi connectivity index (χ1n) is 9.15. The van der Waals surface area contributed by atoms with Crippen LogP contribution in [0.2, 0.25) is 0 Å². The first-order valence-corrected chi connectivity index (χ1v) is 9.15. The zero-order valence-electron chi connectivity index (χ0n) is 15.7. The molecule has 2 aromatic rings. The second-order valence-electron chi connectivity index (χ2n) is 7.04. The second-order valence-corrected chi connectivity index (χ2v) is 7.04. The van der Waals surface area contributed by atoms with E-state index in [0.717, 1.165) is 16.9 Å². The Hall–Kier alpha value is -2.66. The number of ketones is 1. The Labute approximate surface area is 159 Å². The Morgan fingerprint density at radius 2 is 1.78 bits per heavy atom. The smallest absolute Gasteiger partial charge is 0.220 e. The maximum atomic E-state index is 12.8. The summed E-state index contributed by atoms with van der Waals surface area (Å²) in [4.78, 5) is 25.2. The van der Waals surface area contributed by atoms with E-state index in [0.29, 0.717) is 25.9 Å². The monoisotopic (exact) mass is 367 g/mol. The molecular formula is C22H25NO4. The molecule has 27 heavy (non-hydrogen) atoms. The van der Waals surface area contributed by atoms with Gasteiger partial charge in [0.1, 0.15) is 11.4 Å². The molecule has 1 heterocycles. The number of methoxy groups -OCH3 is 1. The lowest BCUT2D eigenvalue weighted by molar-refractivity contribution is -0.130. The first kappa shape index (κ1) is 19.1. The van der Waals surface area contributed by atoms with Crippen molar-refractivity contribution in [2.45, 2.75) is 37.8 Å². The highest BCUT2D eigenvalue weighted by molar-refractivity contribution is 5.96. The molecule has 1 saturated heterocycles. The number of nitrogens with one attached hydrogen (secondary N) is 1. The fourth-order valence-electron chi connectivity index (χ4n) is 2.99. The van der Waals surface area contributed by atoms with Gasteiger partial charge in [-0.1, -0.05) is 42.5 Å². The Balaban J connectivity index is 1.60. The van der Waals surface area contributed by atoms with Crippen molar-refractivity contribution in [3.63, 3.8) is 0 Å². The van der Waals surface area contributed by atoms with Crippen molar-refractivity contribution in [2.24, 2.45) is 0 Å². The fourth-order valence-corrected chi connectivity index (χ4v) is 2.99. The van der Waals surface area contributed by atoms with Crippen LogP contribution in [0.15, 0.2) is 54.6 Å². The molecule has 0 spiro atoms. The highest BCUT2D eigenvalue weighted by atomic mass is 16.6. The van der Waals surface area contributed by atoms with Gasteiger partial charge in [-0.15, -0.1) is 0 Å². The Kier molecular flexibility index (Phi) is 5.91. The number of carbonyl (C=O) groups is 2.